The number of nitrogen functional groups attached to an aromatic ring is 1. The van der Waals surface area contributed by atoms with Crippen LogP contribution in [0.1, 0.15) is 10.4 Å². The molecule has 0 heterocycles. The van der Waals surface area contributed by atoms with Crippen molar-refractivity contribution >= 4 is 35.1 Å². The average Bonchev–Trinajstić information content (AvgIpc) is 2.23. The second-order valence-corrected chi connectivity index (χ2v) is 3.66. The lowest BCUT2D eigenvalue weighted by molar-refractivity contribution is 0.0698. The molecule has 0 aliphatic rings. The summed E-state index contributed by atoms with van der Waals surface area (Å²) >= 11 is 4.24. The largest absolute Gasteiger partial charge is 0.478 e. The van der Waals surface area contributed by atoms with Crippen molar-refractivity contribution in [1.82, 2.24) is 0 Å². The Labute approximate surface area is 91.9 Å². The number of aromatic carboxylic acids is 1. The number of anilines is 1. The van der Waals surface area contributed by atoms with E-state index in [0.29, 0.717) is 4.90 Å². The number of thiol groups is 1. The molecule has 3 N–H and O–H groups in total. The molecule has 76 valence electrons. The molecule has 0 amide bonds. The van der Waals surface area contributed by atoms with Gasteiger partial charge in [0.1, 0.15) is 0 Å². The fourth-order valence-electron chi connectivity index (χ4n) is 1.52. The van der Waals surface area contributed by atoms with Crippen molar-refractivity contribution in [3.8, 4) is 0 Å². The molecule has 0 aliphatic heterocycles. The van der Waals surface area contributed by atoms with E-state index in [1.807, 2.05) is 24.3 Å². The van der Waals surface area contributed by atoms with Gasteiger partial charge in [-0.3, -0.25) is 0 Å². The van der Waals surface area contributed by atoms with Crippen LogP contribution in [0.2, 0.25) is 0 Å². The van der Waals surface area contributed by atoms with E-state index in [4.69, 9.17) is 10.8 Å². The van der Waals surface area contributed by atoms with Crippen LogP contribution in [0, 0.1) is 0 Å². The van der Waals surface area contributed by atoms with Crippen LogP contribution in [0.3, 0.4) is 0 Å². The predicted octanol–water partition coefficient (Wildman–Crippen LogP) is 2.41. The molecule has 0 spiro atoms. The molecule has 0 saturated carbocycles. The van der Waals surface area contributed by atoms with E-state index in [1.165, 1.54) is 0 Å². The zero-order chi connectivity index (χ0) is 11.0. The van der Waals surface area contributed by atoms with Gasteiger partial charge in [0.25, 0.3) is 0 Å². The van der Waals surface area contributed by atoms with E-state index in [1.54, 1.807) is 6.07 Å². The lowest BCUT2D eigenvalue weighted by Crippen LogP contribution is -2.03. The highest BCUT2D eigenvalue weighted by Gasteiger charge is 2.12. The Kier molecular flexibility index (Phi) is 2.28. The lowest BCUT2D eigenvalue weighted by atomic mass is 10.1. The minimum atomic E-state index is -1.03. The summed E-state index contributed by atoms with van der Waals surface area (Å²) in [6, 6.07) is 8.96. The van der Waals surface area contributed by atoms with E-state index < -0.39 is 5.97 Å². The number of benzene rings is 2. The molecule has 0 fully saturated rings. The maximum absolute atomic E-state index is 10.9. The number of fused-ring (bicyclic) bond motifs is 1. The Hall–Kier alpha value is -1.68. The Bertz CT molecular complexity index is 552. The van der Waals surface area contributed by atoms with Gasteiger partial charge >= 0.3 is 5.97 Å². The first-order chi connectivity index (χ1) is 7.11. The fraction of sp³-hybridized carbons (Fsp3) is 0. The molecule has 0 aliphatic carbocycles. The molecule has 0 unspecified atom stereocenters. The number of rotatable bonds is 1. The van der Waals surface area contributed by atoms with Gasteiger partial charge in [-0.25, -0.2) is 4.79 Å². The van der Waals surface area contributed by atoms with Gasteiger partial charge in [-0.2, -0.15) is 0 Å². The zero-order valence-electron chi connectivity index (χ0n) is 7.77. The maximum atomic E-state index is 10.9. The number of hydrogen-bond acceptors (Lipinski definition) is 3. The van der Waals surface area contributed by atoms with Crippen molar-refractivity contribution in [2.24, 2.45) is 0 Å². The third-order valence-corrected chi connectivity index (χ3v) is 2.77. The Morgan fingerprint density at radius 2 is 2.00 bits per heavy atom. The van der Waals surface area contributed by atoms with Crippen LogP contribution in [0.5, 0.6) is 0 Å². The fourth-order valence-corrected chi connectivity index (χ4v) is 1.85. The molecular formula is C11H9NO2S. The zero-order valence-corrected chi connectivity index (χ0v) is 8.66. The first-order valence-corrected chi connectivity index (χ1v) is 4.79. The van der Waals surface area contributed by atoms with Crippen LogP contribution in [0.4, 0.5) is 5.69 Å². The van der Waals surface area contributed by atoms with Gasteiger partial charge in [0.2, 0.25) is 0 Å². The Morgan fingerprint density at radius 1 is 1.33 bits per heavy atom. The molecule has 2 rings (SSSR count). The molecule has 4 heteroatoms. The third-order valence-electron chi connectivity index (χ3n) is 2.29. The summed E-state index contributed by atoms with van der Waals surface area (Å²) in [5.74, 6) is -1.03. The van der Waals surface area contributed by atoms with E-state index in [2.05, 4.69) is 12.6 Å². The van der Waals surface area contributed by atoms with E-state index in [9.17, 15) is 4.79 Å². The third kappa shape index (κ3) is 1.53. The lowest BCUT2D eigenvalue weighted by Gasteiger charge is -2.08. The van der Waals surface area contributed by atoms with Gasteiger partial charge in [0.15, 0.2) is 0 Å². The first-order valence-electron chi connectivity index (χ1n) is 4.34. The van der Waals surface area contributed by atoms with Crippen LogP contribution in [0.25, 0.3) is 10.8 Å². The highest BCUT2D eigenvalue weighted by molar-refractivity contribution is 7.80. The van der Waals surface area contributed by atoms with Gasteiger partial charge in [0.05, 0.1) is 11.3 Å². The SMILES string of the molecule is Nc1c(C(=O)O)cc2ccccc2c1S. The number of nitrogens with two attached hydrogens (primary N) is 1. The summed E-state index contributed by atoms with van der Waals surface area (Å²) < 4.78 is 0. The number of carbonyl (C=O) groups is 1. The predicted molar refractivity (Wildman–Crippen MR) is 62.6 cm³/mol. The van der Waals surface area contributed by atoms with Gasteiger partial charge in [-0.1, -0.05) is 24.3 Å². The minimum absolute atomic E-state index is 0.0960. The van der Waals surface area contributed by atoms with Gasteiger partial charge in [-0.05, 0) is 16.8 Å². The molecule has 0 bridgehead atoms. The summed E-state index contributed by atoms with van der Waals surface area (Å²) in [5, 5.41) is 10.6. The summed E-state index contributed by atoms with van der Waals surface area (Å²) in [7, 11) is 0. The average molecular weight is 219 g/mol. The van der Waals surface area contributed by atoms with Crippen molar-refractivity contribution in [1.29, 1.82) is 0 Å². The second kappa shape index (κ2) is 3.47. The molecule has 3 nitrogen and oxygen atoms in total. The molecule has 0 aromatic heterocycles. The monoisotopic (exact) mass is 219 g/mol. The Balaban J connectivity index is 2.88. The van der Waals surface area contributed by atoms with Crippen molar-refractivity contribution in [2.75, 3.05) is 5.73 Å². The van der Waals surface area contributed by atoms with Crippen LogP contribution in [0.15, 0.2) is 35.2 Å². The minimum Gasteiger partial charge on any atom is -0.478 e. The highest BCUT2D eigenvalue weighted by Crippen LogP contribution is 2.30. The van der Waals surface area contributed by atoms with Crippen LogP contribution in [-0.2, 0) is 0 Å². The standard InChI is InChI=1S/C11H9NO2S/c12-9-8(11(13)14)5-6-3-1-2-4-7(6)10(9)15/h1-5,15H,12H2,(H,13,14). The summed E-state index contributed by atoms with van der Waals surface area (Å²) in [4.78, 5) is 11.4. The summed E-state index contributed by atoms with van der Waals surface area (Å²) in [6.07, 6.45) is 0. The number of carboxylic acids is 1. The molecule has 2 aromatic rings. The number of hydrogen-bond donors (Lipinski definition) is 3. The van der Waals surface area contributed by atoms with Gasteiger partial charge in [-0.15, -0.1) is 12.6 Å². The van der Waals surface area contributed by atoms with E-state index >= 15 is 0 Å². The summed E-state index contributed by atoms with van der Waals surface area (Å²) in [6.45, 7) is 0. The van der Waals surface area contributed by atoms with Crippen molar-refractivity contribution in [3.05, 3.63) is 35.9 Å². The van der Waals surface area contributed by atoms with Crippen molar-refractivity contribution in [2.45, 2.75) is 4.90 Å². The molecule has 0 saturated heterocycles. The van der Waals surface area contributed by atoms with Gasteiger partial charge in [0, 0.05) is 4.90 Å². The van der Waals surface area contributed by atoms with Crippen LogP contribution >= 0.6 is 12.6 Å². The normalized spacial score (nSPS) is 10.5. The summed E-state index contributed by atoms with van der Waals surface area (Å²) in [5.41, 5.74) is 6.00. The topological polar surface area (TPSA) is 63.3 Å². The molecule has 0 atom stereocenters. The quantitative estimate of drug-likeness (QED) is 0.510. The van der Waals surface area contributed by atoms with Crippen LogP contribution < -0.4 is 5.73 Å². The second-order valence-electron chi connectivity index (χ2n) is 3.21. The molecule has 15 heavy (non-hydrogen) atoms. The van der Waals surface area contributed by atoms with Crippen molar-refractivity contribution in [3.63, 3.8) is 0 Å². The first kappa shape index (κ1) is 9.86. The van der Waals surface area contributed by atoms with E-state index in [-0.39, 0.29) is 11.3 Å². The van der Waals surface area contributed by atoms with E-state index in [0.717, 1.165) is 10.8 Å². The molecule has 0 radical (unpaired) electrons. The van der Waals surface area contributed by atoms with Crippen LogP contribution in [-0.4, -0.2) is 11.1 Å². The number of carboxylic acid groups (broad SMARTS) is 1. The molecular weight excluding hydrogens is 210 g/mol. The maximum Gasteiger partial charge on any atom is 0.337 e. The molecule has 2 aromatic carbocycles. The Morgan fingerprint density at radius 3 is 2.67 bits per heavy atom. The highest BCUT2D eigenvalue weighted by atomic mass is 32.1. The van der Waals surface area contributed by atoms with Gasteiger partial charge < -0.3 is 10.8 Å². The van der Waals surface area contributed by atoms with Crippen molar-refractivity contribution < 1.29 is 9.90 Å². The smallest absolute Gasteiger partial charge is 0.337 e.